The monoisotopic (exact) mass is 400 g/mol. The number of nitrogens with zero attached hydrogens (tertiary/aromatic N) is 2. The molecule has 2 rings (SSSR count). The average molecular weight is 400 g/mol. The van der Waals surface area contributed by atoms with Crippen molar-refractivity contribution in [2.24, 2.45) is 0 Å². The first-order chi connectivity index (χ1) is 14.6. The highest BCUT2D eigenvalue weighted by Gasteiger charge is 2.02. The minimum Gasteiger partial charge on any atom is -0.258 e. The Kier molecular flexibility index (Phi) is 8.94. The smallest absolute Gasteiger partial charge is 0.258 e. The van der Waals surface area contributed by atoms with Gasteiger partial charge in [0.2, 0.25) is 0 Å². The Bertz CT molecular complexity index is 940. The highest BCUT2D eigenvalue weighted by Crippen LogP contribution is 2.13. The zero-order valence-corrected chi connectivity index (χ0v) is 16.1. The number of non-ortho nitro benzene ring substituents is 2. The third-order valence-electron chi connectivity index (χ3n) is 3.79. The van der Waals surface area contributed by atoms with Crippen LogP contribution in [0, 0.1) is 20.2 Å². The summed E-state index contributed by atoms with van der Waals surface area (Å²) >= 11 is 0. The molecule has 0 amide bonds. The number of benzene rings is 2. The Morgan fingerprint density at radius 3 is 1.00 bits per heavy atom. The van der Waals surface area contributed by atoms with Crippen LogP contribution in [0.4, 0.5) is 11.4 Å². The second-order valence-electron chi connectivity index (χ2n) is 5.96. The van der Waals surface area contributed by atoms with Crippen molar-refractivity contribution in [3.05, 3.63) is 141 Å². The summed E-state index contributed by atoms with van der Waals surface area (Å²) in [6.07, 6.45) is 22.5. The molecule has 0 saturated carbocycles. The van der Waals surface area contributed by atoms with E-state index in [1.807, 2.05) is 72.9 Å². The van der Waals surface area contributed by atoms with Crippen molar-refractivity contribution in [3.63, 3.8) is 0 Å². The lowest BCUT2D eigenvalue weighted by molar-refractivity contribution is -0.385. The van der Waals surface area contributed by atoms with Crippen molar-refractivity contribution in [2.45, 2.75) is 0 Å². The van der Waals surface area contributed by atoms with Crippen molar-refractivity contribution in [3.8, 4) is 0 Å². The summed E-state index contributed by atoms with van der Waals surface area (Å²) < 4.78 is 0. The summed E-state index contributed by atoms with van der Waals surface area (Å²) in [5.41, 5.74) is 1.93. The molecule has 0 radical (unpaired) electrons. The SMILES string of the molecule is O=[N+]([O-])c1ccc(C=CC=CC=CC=CC=CC=Cc2ccc([N+](=O)[O-])cc2)cc1. The molecule has 6 heteroatoms. The van der Waals surface area contributed by atoms with E-state index in [0.29, 0.717) is 0 Å². The van der Waals surface area contributed by atoms with Gasteiger partial charge in [-0.1, -0.05) is 72.9 Å². The number of nitro groups is 2. The maximum atomic E-state index is 10.6. The van der Waals surface area contributed by atoms with Gasteiger partial charge in [-0.25, -0.2) is 0 Å². The first kappa shape index (κ1) is 22.0. The van der Waals surface area contributed by atoms with Gasteiger partial charge in [-0.15, -0.1) is 0 Å². The molecule has 0 fully saturated rings. The second-order valence-corrected chi connectivity index (χ2v) is 5.96. The van der Waals surface area contributed by atoms with E-state index in [0.717, 1.165) is 11.1 Å². The molecule has 6 nitrogen and oxygen atoms in total. The number of allylic oxidation sites excluding steroid dienone is 10. The Morgan fingerprint density at radius 2 is 0.733 bits per heavy atom. The van der Waals surface area contributed by atoms with Crippen molar-refractivity contribution < 1.29 is 9.85 Å². The Hall–Kier alpha value is -4.32. The van der Waals surface area contributed by atoms with Crippen molar-refractivity contribution >= 4 is 23.5 Å². The summed E-state index contributed by atoms with van der Waals surface area (Å²) in [7, 11) is 0. The van der Waals surface area contributed by atoms with Crippen LogP contribution in [0.1, 0.15) is 11.1 Å². The summed E-state index contributed by atoms with van der Waals surface area (Å²) in [6, 6.07) is 12.7. The molecule has 2 aromatic carbocycles. The number of hydrogen-bond donors (Lipinski definition) is 0. The average Bonchev–Trinajstić information content (AvgIpc) is 2.75. The molecule has 2 aromatic rings. The largest absolute Gasteiger partial charge is 0.269 e. The van der Waals surface area contributed by atoms with Crippen molar-refractivity contribution in [2.75, 3.05) is 0 Å². The van der Waals surface area contributed by atoms with Crippen LogP contribution in [0.25, 0.3) is 12.2 Å². The number of rotatable bonds is 9. The van der Waals surface area contributed by atoms with E-state index in [1.165, 1.54) is 24.3 Å². The molecule has 0 saturated heterocycles. The predicted molar refractivity (Wildman–Crippen MR) is 121 cm³/mol. The molecule has 0 bridgehead atoms. The molecule has 0 spiro atoms. The van der Waals surface area contributed by atoms with E-state index in [4.69, 9.17) is 0 Å². The second kappa shape index (κ2) is 12.2. The third kappa shape index (κ3) is 8.14. The van der Waals surface area contributed by atoms with Crippen LogP contribution in [0.2, 0.25) is 0 Å². The van der Waals surface area contributed by atoms with Crippen LogP contribution in [0.3, 0.4) is 0 Å². The first-order valence-corrected chi connectivity index (χ1v) is 9.06. The molecule has 0 aliphatic carbocycles. The van der Waals surface area contributed by atoms with Crippen molar-refractivity contribution in [1.82, 2.24) is 0 Å². The maximum absolute atomic E-state index is 10.6. The summed E-state index contributed by atoms with van der Waals surface area (Å²) in [5, 5.41) is 21.2. The van der Waals surface area contributed by atoms with Crippen LogP contribution in [-0.2, 0) is 0 Å². The van der Waals surface area contributed by atoms with Crippen LogP contribution in [-0.4, -0.2) is 9.85 Å². The van der Waals surface area contributed by atoms with Crippen molar-refractivity contribution in [1.29, 1.82) is 0 Å². The van der Waals surface area contributed by atoms with Gasteiger partial charge in [-0.05, 0) is 35.4 Å². The first-order valence-electron chi connectivity index (χ1n) is 9.06. The molecule has 0 heterocycles. The molecule has 0 atom stereocenters. The fraction of sp³-hybridized carbons (Fsp3) is 0. The number of hydrogen-bond acceptors (Lipinski definition) is 4. The molecule has 150 valence electrons. The standard InChI is InChI=1S/C24H20N2O4/c27-25(28)23-17-13-21(14-18-23)11-9-7-5-3-1-2-4-6-8-10-12-22-15-19-24(20-16-22)26(29)30/h1-20H. The van der Waals surface area contributed by atoms with Crippen LogP contribution in [0.5, 0.6) is 0 Å². The lowest BCUT2D eigenvalue weighted by Crippen LogP contribution is -1.86. The normalized spacial score (nSPS) is 12.4. The van der Waals surface area contributed by atoms with Gasteiger partial charge in [0.1, 0.15) is 0 Å². The lowest BCUT2D eigenvalue weighted by atomic mass is 10.2. The topological polar surface area (TPSA) is 86.3 Å². The Morgan fingerprint density at radius 1 is 0.467 bits per heavy atom. The quantitative estimate of drug-likeness (QED) is 0.275. The Labute approximate surface area is 174 Å². The molecule has 0 unspecified atom stereocenters. The van der Waals surface area contributed by atoms with E-state index >= 15 is 0 Å². The molecule has 0 aliphatic heterocycles. The molecule has 30 heavy (non-hydrogen) atoms. The summed E-state index contributed by atoms with van der Waals surface area (Å²) in [4.78, 5) is 20.4. The summed E-state index contributed by atoms with van der Waals surface area (Å²) in [6.45, 7) is 0. The maximum Gasteiger partial charge on any atom is 0.269 e. The zero-order valence-electron chi connectivity index (χ0n) is 16.1. The molecular formula is C24H20N2O4. The molecule has 0 aromatic heterocycles. The highest BCUT2D eigenvalue weighted by molar-refractivity contribution is 5.54. The van der Waals surface area contributed by atoms with Gasteiger partial charge in [0, 0.05) is 24.3 Å². The van der Waals surface area contributed by atoms with Gasteiger partial charge >= 0.3 is 0 Å². The van der Waals surface area contributed by atoms with Gasteiger partial charge in [-0.3, -0.25) is 20.2 Å². The summed E-state index contributed by atoms with van der Waals surface area (Å²) in [5.74, 6) is 0. The third-order valence-corrected chi connectivity index (χ3v) is 3.79. The van der Waals surface area contributed by atoms with Gasteiger partial charge in [-0.2, -0.15) is 0 Å². The van der Waals surface area contributed by atoms with Gasteiger partial charge in [0.25, 0.3) is 11.4 Å². The van der Waals surface area contributed by atoms with Crippen LogP contribution < -0.4 is 0 Å². The minimum absolute atomic E-state index is 0.0771. The van der Waals surface area contributed by atoms with Gasteiger partial charge in [0.05, 0.1) is 9.85 Å². The van der Waals surface area contributed by atoms with E-state index in [2.05, 4.69) is 0 Å². The molecule has 0 N–H and O–H groups in total. The van der Waals surface area contributed by atoms with Gasteiger partial charge < -0.3 is 0 Å². The van der Waals surface area contributed by atoms with E-state index < -0.39 is 9.85 Å². The Balaban J connectivity index is 1.71. The highest BCUT2D eigenvalue weighted by atomic mass is 16.6. The van der Waals surface area contributed by atoms with E-state index in [1.54, 1.807) is 24.3 Å². The molecule has 0 aliphatic rings. The predicted octanol–water partition coefficient (Wildman–Crippen LogP) is 6.45. The van der Waals surface area contributed by atoms with Crippen LogP contribution in [0.15, 0.2) is 109 Å². The van der Waals surface area contributed by atoms with Crippen LogP contribution >= 0.6 is 0 Å². The molecular weight excluding hydrogens is 380 g/mol. The van der Waals surface area contributed by atoms with E-state index in [9.17, 15) is 20.2 Å². The fourth-order valence-electron chi connectivity index (χ4n) is 2.26. The van der Waals surface area contributed by atoms with E-state index in [-0.39, 0.29) is 11.4 Å². The lowest BCUT2D eigenvalue weighted by Gasteiger charge is -1.92. The zero-order chi connectivity index (χ0) is 21.6. The van der Waals surface area contributed by atoms with Gasteiger partial charge in [0.15, 0.2) is 0 Å². The minimum atomic E-state index is -0.420. The fourth-order valence-corrected chi connectivity index (χ4v) is 2.26. The number of nitro benzene ring substituents is 2.